The van der Waals surface area contributed by atoms with Gasteiger partial charge >= 0.3 is 0 Å². The molecular formula is C17H18O3. The smallest absolute Gasteiger partial charge is 0.164 e. The summed E-state index contributed by atoms with van der Waals surface area (Å²) in [4.78, 5) is 0. The lowest BCUT2D eigenvalue weighted by atomic mass is 9.86. The second-order valence-corrected chi connectivity index (χ2v) is 5.54. The molecule has 0 bridgehead atoms. The van der Waals surface area contributed by atoms with E-state index in [1.54, 1.807) is 6.07 Å². The predicted octanol–water partition coefficient (Wildman–Crippen LogP) is 3.89. The van der Waals surface area contributed by atoms with Gasteiger partial charge in [-0.1, -0.05) is 6.07 Å². The standard InChI is InChI=1S/C17H18O3/c1-8-5-9(2)15-14-10(3)6-13(18)16(19)12(14)7-20-17(15)11(8)4/h5-6,18-19H,7H2,1-4H3. The van der Waals surface area contributed by atoms with Crippen LogP contribution in [0.25, 0.3) is 11.1 Å². The minimum absolute atomic E-state index is 0.0751. The largest absolute Gasteiger partial charge is 0.504 e. The van der Waals surface area contributed by atoms with Crippen LogP contribution >= 0.6 is 0 Å². The lowest BCUT2D eigenvalue weighted by molar-refractivity contribution is 0.289. The first kappa shape index (κ1) is 12.9. The van der Waals surface area contributed by atoms with Crippen LogP contribution in [0.4, 0.5) is 0 Å². The van der Waals surface area contributed by atoms with Gasteiger partial charge in [0.1, 0.15) is 12.4 Å². The molecule has 3 nitrogen and oxygen atoms in total. The third-order valence-electron chi connectivity index (χ3n) is 4.18. The zero-order valence-electron chi connectivity index (χ0n) is 12.2. The number of rotatable bonds is 0. The molecule has 3 heteroatoms. The highest BCUT2D eigenvalue weighted by molar-refractivity contribution is 5.84. The Hall–Kier alpha value is -2.16. The lowest BCUT2D eigenvalue weighted by Crippen LogP contribution is -2.10. The zero-order valence-corrected chi connectivity index (χ0v) is 12.2. The van der Waals surface area contributed by atoms with Gasteiger partial charge in [0.25, 0.3) is 0 Å². The molecule has 20 heavy (non-hydrogen) atoms. The first-order valence-corrected chi connectivity index (χ1v) is 6.70. The Bertz CT molecular complexity index is 666. The van der Waals surface area contributed by atoms with E-state index in [0.717, 1.165) is 33.6 Å². The van der Waals surface area contributed by atoms with Gasteiger partial charge in [-0.25, -0.2) is 0 Å². The number of phenols is 2. The molecule has 2 aromatic rings. The lowest BCUT2D eigenvalue weighted by Gasteiger charge is -2.27. The van der Waals surface area contributed by atoms with E-state index in [9.17, 15) is 10.2 Å². The van der Waals surface area contributed by atoms with Gasteiger partial charge in [-0.2, -0.15) is 0 Å². The summed E-state index contributed by atoms with van der Waals surface area (Å²) in [6, 6.07) is 3.74. The molecule has 0 saturated heterocycles. The second kappa shape index (κ2) is 4.17. The van der Waals surface area contributed by atoms with Crippen LogP contribution in [-0.4, -0.2) is 10.2 Å². The summed E-state index contributed by atoms with van der Waals surface area (Å²) in [5.41, 5.74) is 7.09. The van der Waals surface area contributed by atoms with Crippen molar-refractivity contribution in [2.45, 2.75) is 34.3 Å². The molecule has 0 radical (unpaired) electrons. The molecule has 0 unspecified atom stereocenters. The summed E-state index contributed by atoms with van der Waals surface area (Å²) in [6.07, 6.45) is 0. The Kier molecular flexibility index (Phi) is 2.68. The summed E-state index contributed by atoms with van der Waals surface area (Å²) in [7, 11) is 0. The van der Waals surface area contributed by atoms with Crippen LogP contribution in [0.1, 0.15) is 27.8 Å². The van der Waals surface area contributed by atoms with Crippen LogP contribution in [0.15, 0.2) is 12.1 Å². The molecule has 1 heterocycles. The summed E-state index contributed by atoms with van der Waals surface area (Å²) >= 11 is 0. The van der Waals surface area contributed by atoms with Crippen molar-refractivity contribution < 1.29 is 14.9 Å². The highest BCUT2D eigenvalue weighted by atomic mass is 16.5. The number of hydrogen-bond donors (Lipinski definition) is 2. The Balaban J connectivity index is 2.43. The van der Waals surface area contributed by atoms with E-state index in [4.69, 9.17) is 4.74 Å². The Morgan fingerprint density at radius 3 is 2.25 bits per heavy atom. The molecule has 2 N–H and O–H groups in total. The number of aryl methyl sites for hydroxylation is 3. The summed E-state index contributed by atoms with van der Waals surface area (Å²) < 4.78 is 5.86. The van der Waals surface area contributed by atoms with Crippen molar-refractivity contribution in [1.29, 1.82) is 0 Å². The fourth-order valence-electron chi connectivity index (χ4n) is 3.03. The average Bonchev–Trinajstić information content (AvgIpc) is 2.41. The molecule has 0 saturated carbocycles. The zero-order chi connectivity index (χ0) is 14.6. The van der Waals surface area contributed by atoms with Gasteiger partial charge in [-0.05, 0) is 61.6 Å². The van der Waals surface area contributed by atoms with E-state index in [1.165, 1.54) is 5.56 Å². The van der Waals surface area contributed by atoms with Crippen molar-refractivity contribution in [2.24, 2.45) is 0 Å². The monoisotopic (exact) mass is 270 g/mol. The molecule has 1 aliphatic rings. The third-order valence-corrected chi connectivity index (χ3v) is 4.18. The van der Waals surface area contributed by atoms with E-state index >= 15 is 0 Å². The molecule has 0 atom stereocenters. The van der Waals surface area contributed by atoms with Gasteiger partial charge in [0.15, 0.2) is 11.5 Å². The molecule has 0 spiro atoms. The van der Waals surface area contributed by atoms with E-state index in [-0.39, 0.29) is 18.1 Å². The second-order valence-electron chi connectivity index (χ2n) is 5.54. The predicted molar refractivity (Wildman–Crippen MR) is 78.5 cm³/mol. The van der Waals surface area contributed by atoms with Crippen LogP contribution in [0, 0.1) is 27.7 Å². The number of hydrogen-bond acceptors (Lipinski definition) is 3. The van der Waals surface area contributed by atoms with Gasteiger partial charge in [0.05, 0.1) is 0 Å². The quantitative estimate of drug-likeness (QED) is 0.714. The highest BCUT2D eigenvalue weighted by Gasteiger charge is 2.27. The maximum Gasteiger partial charge on any atom is 0.164 e. The van der Waals surface area contributed by atoms with Crippen molar-refractivity contribution in [3.05, 3.63) is 39.9 Å². The van der Waals surface area contributed by atoms with E-state index in [1.807, 2.05) is 20.8 Å². The van der Waals surface area contributed by atoms with Gasteiger partial charge in [-0.15, -0.1) is 0 Å². The normalized spacial score (nSPS) is 12.6. The Morgan fingerprint density at radius 1 is 0.900 bits per heavy atom. The maximum atomic E-state index is 10.1. The number of aromatic hydroxyl groups is 2. The fourth-order valence-corrected chi connectivity index (χ4v) is 3.03. The van der Waals surface area contributed by atoms with Crippen LogP contribution in [-0.2, 0) is 6.61 Å². The van der Waals surface area contributed by atoms with Crippen molar-refractivity contribution in [2.75, 3.05) is 0 Å². The fraction of sp³-hybridized carbons (Fsp3) is 0.294. The molecule has 0 aromatic heterocycles. The van der Waals surface area contributed by atoms with Crippen molar-refractivity contribution in [3.63, 3.8) is 0 Å². The van der Waals surface area contributed by atoms with E-state index in [0.29, 0.717) is 5.56 Å². The molecular weight excluding hydrogens is 252 g/mol. The number of ether oxygens (including phenoxy) is 1. The molecule has 0 amide bonds. The van der Waals surface area contributed by atoms with Gasteiger partial charge < -0.3 is 14.9 Å². The number of benzene rings is 2. The van der Waals surface area contributed by atoms with Gasteiger partial charge in [0.2, 0.25) is 0 Å². The molecule has 1 aliphatic heterocycles. The SMILES string of the molecule is Cc1cc(C)c2c(c1C)OCc1c(O)c(O)cc(C)c1-2. The first-order chi connectivity index (χ1) is 9.41. The first-order valence-electron chi connectivity index (χ1n) is 6.70. The summed E-state index contributed by atoms with van der Waals surface area (Å²) in [6.45, 7) is 8.40. The van der Waals surface area contributed by atoms with E-state index in [2.05, 4.69) is 13.0 Å². The van der Waals surface area contributed by atoms with Crippen LogP contribution in [0.2, 0.25) is 0 Å². The Labute approximate surface area is 118 Å². The molecule has 0 aliphatic carbocycles. The molecule has 0 fully saturated rings. The van der Waals surface area contributed by atoms with Crippen LogP contribution in [0.5, 0.6) is 17.2 Å². The van der Waals surface area contributed by atoms with Crippen molar-refractivity contribution in [1.82, 2.24) is 0 Å². The number of fused-ring (bicyclic) bond motifs is 3. The average molecular weight is 270 g/mol. The van der Waals surface area contributed by atoms with Gasteiger partial charge in [0, 0.05) is 11.1 Å². The molecule has 2 aromatic carbocycles. The minimum Gasteiger partial charge on any atom is -0.504 e. The summed E-state index contributed by atoms with van der Waals surface area (Å²) in [5.74, 6) is 0.729. The third kappa shape index (κ3) is 1.59. The van der Waals surface area contributed by atoms with Crippen LogP contribution < -0.4 is 4.74 Å². The Morgan fingerprint density at radius 2 is 1.55 bits per heavy atom. The maximum absolute atomic E-state index is 10.1. The number of phenolic OH excluding ortho intramolecular Hbond substituents is 2. The molecule has 104 valence electrons. The van der Waals surface area contributed by atoms with Crippen molar-refractivity contribution in [3.8, 4) is 28.4 Å². The van der Waals surface area contributed by atoms with E-state index < -0.39 is 0 Å². The summed E-state index contributed by atoms with van der Waals surface area (Å²) in [5, 5.41) is 19.8. The molecule has 3 rings (SSSR count). The van der Waals surface area contributed by atoms with Gasteiger partial charge in [-0.3, -0.25) is 0 Å². The van der Waals surface area contributed by atoms with Crippen LogP contribution in [0.3, 0.4) is 0 Å². The minimum atomic E-state index is -0.0882. The van der Waals surface area contributed by atoms with Crippen molar-refractivity contribution >= 4 is 0 Å². The highest BCUT2D eigenvalue weighted by Crippen LogP contribution is 2.49. The topological polar surface area (TPSA) is 49.7 Å².